The summed E-state index contributed by atoms with van der Waals surface area (Å²) in [6.45, 7) is 1.69. The zero-order valence-electron chi connectivity index (χ0n) is 19.7. The van der Waals surface area contributed by atoms with E-state index in [1.807, 2.05) is 4.90 Å². The molecule has 1 fully saturated rings. The van der Waals surface area contributed by atoms with E-state index in [0.717, 1.165) is 12.1 Å². The summed E-state index contributed by atoms with van der Waals surface area (Å²) >= 11 is 0. The van der Waals surface area contributed by atoms with Gasteiger partial charge in [0, 0.05) is 48.4 Å². The Bertz CT molecular complexity index is 1410. The molecule has 36 heavy (non-hydrogen) atoms. The highest BCUT2D eigenvalue weighted by atomic mass is 16.7. The molecule has 6 rings (SSSR count). The number of likely N-dealkylation sites (tertiary alicyclic amines) is 1. The number of methoxy groups -OCH3 is 1. The number of amides is 2. The molecule has 9 nitrogen and oxygen atoms in total. The zero-order chi connectivity index (χ0) is 24.8. The molecule has 3 aliphatic rings. The number of aromatic nitrogens is 1. The Kier molecular flexibility index (Phi) is 5.40. The number of pyridine rings is 1. The first-order valence-corrected chi connectivity index (χ1v) is 11.9. The molecular formula is C27H25N3O6. The van der Waals surface area contributed by atoms with Crippen LogP contribution in [0.5, 0.6) is 17.2 Å². The van der Waals surface area contributed by atoms with E-state index >= 15 is 0 Å². The van der Waals surface area contributed by atoms with Gasteiger partial charge in [-0.25, -0.2) is 0 Å². The third-order valence-electron chi connectivity index (χ3n) is 7.10. The molecule has 1 aromatic heterocycles. The second-order valence-electron chi connectivity index (χ2n) is 9.34. The Hall–Kier alpha value is -4.27. The number of benzene rings is 2. The van der Waals surface area contributed by atoms with Gasteiger partial charge >= 0.3 is 0 Å². The molecule has 3 aromatic rings. The minimum Gasteiger partial charge on any atom is -0.497 e. The molecule has 2 bridgehead atoms. The Morgan fingerprint density at radius 3 is 2.53 bits per heavy atom. The molecule has 0 saturated carbocycles. The number of nitrogens with one attached hydrogen (secondary N) is 1. The monoisotopic (exact) mass is 487 g/mol. The standard InChI is InChI=1S/C27H25N3O6/c1-34-20-5-2-17(3-6-20)27(33)29-12-16-10-19(14-29)25-21(7-9-24(31)30(25)13-16)28-26(32)18-4-8-22-23(11-18)36-15-35-22/h2-9,11,16,19H,10,12-15H2,1H3,(H,28,32). The maximum atomic E-state index is 13.3. The lowest BCUT2D eigenvalue weighted by atomic mass is 9.82. The summed E-state index contributed by atoms with van der Waals surface area (Å²) in [5.41, 5.74) is 2.27. The van der Waals surface area contributed by atoms with Crippen molar-refractivity contribution < 1.29 is 23.8 Å². The number of carbonyl (C=O) groups excluding carboxylic acids is 2. The van der Waals surface area contributed by atoms with Gasteiger partial charge < -0.3 is 29.0 Å². The van der Waals surface area contributed by atoms with Crippen LogP contribution < -0.4 is 25.1 Å². The minimum atomic E-state index is -0.307. The third-order valence-corrected chi connectivity index (χ3v) is 7.10. The molecular weight excluding hydrogens is 462 g/mol. The predicted octanol–water partition coefficient (Wildman–Crippen LogP) is 3.10. The third kappa shape index (κ3) is 3.86. The van der Waals surface area contributed by atoms with Crippen molar-refractivity contribution in [3.63, 3.8) is 0 Å². The van der Waals surface area contributed by atoms with Gasteiger partial charge in [-0.15, -0.1) is 0 Å². The largest absolute Gasteiger partial charge is 0.497 e. The molecule has 0 radical (unpaired) electrons. The molecule has 2 aromatic carbocycles. The maximum Gasteiger partial charge on any atom is 0.255 e. The van der Waals surface area contributed by atoms with Crippen molar-refractivity contribution in [3.05, 3.63) is 81.8 Å². The molecule has 2 unspecified atom stereocenters. The summed E-state index contributed by atoms with van der Waals surface area (Å²) in [4.78, 5) is 41.0. The average Bonchev–Trinajstić information content (AvgIpc) is 3.38. The second kappa shape index (κ2) is 8.75. The van der Waals surface area contributed by atoms with Crippen molar-refractivity contribution in [2.45, 2.75) is 18.9 Å². The molecule has 3 aliphatic heterocycles. The number of fused-ring (bicyclic) bond motifs is 5. The second-order valence-corrected chi connectivity index (χ2v) is 9.34. The van der Waals surface area contributed by atoms with E-state index in [-0.39, 0.29) is 36.0 Å². The lowest BCUT2D eigenvalue weighted by Crippen LogP contribution is -2.49. The summed E-state index contributed by atoms with van der Waals surface area (Å²) in [6, 6.07) is 15.2. The fourth-order valence-corrected chi connectivity index (χ4v) is 5.43. The van der Waals surface area contributed by atoms with E-state index in [0.29, 0.717) is 53.7 Å². The Morgan fingerprint density at radius 2 is 1.72 bits per heavy atom. The minimum absolute atomic E-state index is 0.0509. The molecule has 184 valence electrons. The van der Waals surface area contributed by atoms with E-state index in [4.69, 9.17) is 14.2 Å². The fourth-order valence-electron chi connectivity index (χ4n) is 5.43. The number of anilines is 1. The van der Waals surface area contributed by atoms with E-state index in [1.165, 1.54) is 6.07 Å². The van der Waals surface area contributed by atoms with Gasteiger partial charge in [-0.1, -0.05) is 0 Å². The summed E-state index contributed by atoms with van der Waals surface area (Å²) in [7, 11) is 1.59. The number of hydrogen-bond acceptors (Lipinski definition) is 6. The van der Waals surface area contributed by atoms with Crippen LogP contribution >= 0.6 is 0 Å². The molecule has 4 heterocycles. The van der Waals surface area contributed by atoms with Gasteiger partial charge in [0.2, 0.25) is 6.79 Å². The van der Waals surface area contributed by atoms with Crippen molar-refractivity contribution in [1.29, 1.82) is 0 Å². The first-order chi connectivity index (χ1) is 17.5. The highest BCUT2D eigenvalue weighted by molar-refractivity contribution is 6.05. The quantitative estimate of drug-likeness (QED) is 0.607. The Morgan fingerprint density at radius 1 is 0.944 bits per heavy atom. The van der Waals surface area contributed by atoms with Crippen LogP contribution in [0, 0.1) is 5.92 Å². The summed E-state index contributed by atoms with van der Waals surface area (Å²) < 4.78 is 17.7. The van der Waals surface area contributed by atoms with Crippen LogP contribution in [0.2, 0.25) is 0 Å². The summed E-state index contributed by atoms with van der Waals surface area (Å²) in [5, 5.41) is 2.98. The van der Waals surface area contributed by atoms with Gasteiger partial charge in [0.25, 0.3) is 17.4 Å². The molecule has 0 spiro atoms. The number of rotatable bonds is 4. The number of piperidine rings is 1. The number of hydrogen-bond donors (Lipinski definition) is 1. The average molecular weight is 488 g/mol. The van der Waals surface area contributed by atoms with Crippen molar-refractivity contribution in [1.82, 2.24) is 9.47 Å². The number of carbonyl (C=O) groups is 2. The lowest BCUT2D eigenvalue weighted by molar-refractivity contribution is 0.0595. The van der Waals surface area contributed by atoms with Crippen LogP contribution in [-0.2, 0) is 6.54 Å². The predicted molar refractivity (Wildman–Crippen MR) is 131 cm³/mol. The molecule has 0 aliphatic carbocycles. The maximum absolute atomic E-state index is 13.3. The lowest BCUT2D eigenvalue weighted by Gasteiger charge is -2.43. The van der Waals surface area contributed by atoms with Crippen LogP contribution in [0.25, 0.3) is 0 Å². The van der Waals surface area contributed by atoms with Crippen molar-refractivity contribution in [3.8, 4) is 17.2 Å². The van der Waals surface area contributed by atoms with Crippen molar-refractivity contribution in [2.75, 3.05) is 32.3 Å². The fraction of sp³-hybridized carbons (Fsp3) is 0.296. The highest BCUT2D eigenvalue weighted by Crippen LogP contribution is 2.39. The van der Waals surface area contributed by atoms with Crippen LogP contribution in [0.3, 0.4) is 0 Å². The van der Waals surface area contributed by atoms with Gasteiger partial charge in [-0.2, -0.15) is 0 Å². The number of nitrogens with zero attached hydrogens (tertiary/aromatic N) is 2. The van der Waals surface area contributed by atoms with E-state index < -0.39 is 0 Å². The molecule has 1 saturated heterocycles. The van der Waals surface area contributed by atoms with Gasteiger partial charge in [0.15, 0.2) is 11.5 Å². The van der Waals surface area contributed by atoms with Crippen LogP contribution in [0.1, 0.15) is 38.7 Å². The van der Waals surface area contributed by atoms with Crippen LogP contribution in [0.4, 0.5) is 5.69 Å². The van der Waals surface area contributed by atoms with Crippen molar-refractivity contribution >= 4 is 17.5 Å². The van der Waals surface area contributed by atoms with Gasteiger partial charge in [0.05, 0.1) is 12.8 Å². The number of ether oxygens (including phenoxy) is 3. The Labute approximate surface area is 207 Å². The highest BCUT2D eigenvalue weighted by Gasteiger charge is 2.38. The zero-order valence-corrected chi connectivity index (χ0v) is 19.7. The van der Waals surface area contributed by atoms with E-state index in [2.05, 4.69) is 5.32 Å². The van der Waals surface area contributed by atoms with Gasteiger partial charge in [0.1, 0.15) is 5.75 Å². The molecule has 9 heteroatoms. The first kappa shape index (κ1) is 22.2. The molecule has 2 amide bonds. The van der Waals surface area contributed by atoms with Gasteiger partial charge in [-0.3, -0.25) is 14.4 Å². The molecule has 2 atom stereocenters. The van der Waals surface area contributed by atoms with Gasteiger partial charge in [-0.05, 0) is 60.9 Å². The van der Waals surface area contributed by atoms with Crippen molar-refractivity contribution in [2.24, 2.45) is 5.92 Å². The first-order valence-electron chi connectivity index (χ1n) is 11.9. The summed E-state index contributed by atoms with van der Waals surface area (Å²) in [6.07, 6.45) is 0.850. The van der Waals surface area contributed by atoms with Crippen LogP contribution in [-0.4, -0.2) is 48.3 Å². The van der Waals surface area contributed by atoms with Crippen LogP contribution in [0.15, 0.2) is 59.4 Å². The molecule has 1 N–H and O–H groups in total. The summed E-state index contributed by atoms with van der Waals surface area (Å²) in [5.74, 6) is 1.56. The smallest absolute Gasteiger partial charge is 0.255 e. The Balaban J connectivity index is 1.27. The van der Waals surface area contributed by atoms with E-state index in [1.54, 1.807) is 60.2 Å². The normalized spacial score (nSPS) is 19.4. The SMILES string of the molecule is COc1ccc(C(=O)N2CC3CC(C2)c2c(NC(=O)c4ccc5c(c4)OCO5)ccc(=O)n2C3)cc1. The topological polar surface area (TPSA) is 99.1 Å². The van der Waals surface area contributed by atoms with E-state index in [9.17, 15) is 14.4 Å².